The zero-order valence-electron chi connectivity index (χ0n) is 17.0. The number of carbonyl (C=O) groups is 1. The van der Waals surface area contributed by atoms with Gasteiger partial charge in [0.1, 0.15) is 17.3 Å². The van der Waals surface area contributed by atoms with Crippen LogP contribution in [-0.4, -0.2) is 22.3 Å². The Hall–Kier alpha value is -3.62. The number of nitrogens with one attached hydrogen (secondary N) is 1. The molecule has 1 N–H and O–H groups in total. The summed E-state index contributed by atoms with van der Waals surface area (Å²) in [5.41, 5.74) is 1.01. The van der Waals surface area contributed by atoms with Crippen molar-refractivity contribution < 1.29 is 22.7 Å². The van der Waals surface area contributed by atoms with Crippen LogP contribution in [0.2, 0.25) is 0 Å². The van der Waals surface area contributed by atoms with E-state index < -0.39 is 29.5 Å². The van der Waals surface area contributed by atoms with Crippen molar-refractivity contribution in [1.29, 1.82) is 0 Å². The smallest absolute Gasteiger partial charge is 0.387 e. The number of aryl methyl sites for hydroxylation is 1. The van der Waals surface area contributed by atoms with E-state index in [9.17, 15) is 22.8 Å². The monoisotopic (exact) mass is 431 g/mol. The first-order valence-electron chi connectivity index (χ1n) is 9.40. The third-order valence-electron chi connectivity index (χ3n) is 4.59. The maximum atomic E-state index is 14.2. The fraction of sp³-hybridized carbons (Fsp3) is 0.227. The summed E-state index contributed by atoms with van der Waals surface area (Å²) in [6, 6.07) is 11.3. The molecule has 0 radical (unpaired) electrons. The topological polar surface area (TPSA) is 73.2 Å². The van der Waals surface area contributed by atoms with Gasteiger partial charge in [-0.3, -0.25) is 9.59 Å². The Balaban J connectivity index is 2.06. The van der Waals surface area contributed by atoms with Crippen LogP contribution in [0.3, 0.4) is 0 Å². The van der Waals surface area contributed by atoms with Crippen LogP contribution in [0.4, 0.5) is 18.9 Å². The predicted molar refractivity (Wildman–Crippen MR) is 110 cm³/mol. The molecule has 9 heteroatoms. The summed E-state index contributed by atoms with van der Waals surface area (Å²) in [6.45, 7) is 0.855. The molecule has 0 spiro atoms. The Labute approximate surface area is 176 Å². The zero-order valence-corrected chi connectivity index (χ0v) is 17.0. The van der Waals surface area contributed by atoms with E-state index in [1.807, 2.05) is 26.0 Å². The molecule has 0 bridgehead atoms. The van der Waals surface area contributed by atoms with Gasteiger partial charge in [0.05, 0.1) is 11.3 Å². The van der Waals surface area contributed by atoms with Crippen molar-refractivity contribution in [1.82, 2.24) is 9.78 Å². The molecule has 2 aromatic carbocycles. The highest BCUT2D eigenvalue weighted by atomic mass is 19.3. The number of carbonyl (C=O) groups excluding carboxylic acids is 1. The SMILES string of the molecule is CC(C)c1ccccc1-c1nn(C)c(=O)cc1NC(=O)c1cc(OC(F)F)ccc1F. The standard InChI is InChI=1S/C22H20F3N3O3/c1-12(2)14-6-4-5-7-15(14)20-18(11-19(29)28(3)27-20)26-21(30)16-10-13(31-22(24)25)8-9-17(16)23/h4-12,22H,1-3H3,(H,26,30). The lowest BCUT2D eigenvalue weighted by Gasteiger charge is -2.16. The lowest BCUT2D eigenvalue weighted by Crippen LogP contribution is -2.23. The van der Waals surface area contributed by atoms with Gasteiger partial charge in [0, 0.05) is 18.7 Å². The summed E-state index contributed by atoms with van der Waals surface area (Å²) in [7, 11) is 1.47. The Kier molecular flexibility index (Phi) is 6.43. The number of nitrogens with zero attached hydrogens (tertiary/aromatic N) is 2. The molecule has 0 aliphatic heterocycles. The highest BCUT2D eigenvalue weighted by Crippen LogP contribution is 2.32. The van der Waals surface area contributed by atoms with Gasteiger partial charge in [-0.25, -0.2) is 9.07 Å². The Morgan fingerprint density at radius 3 is 2.52 bits per heavy atom. The summed E-state index contributed by atoms with van der Waals surface area (Å²) in [5, 5.41) is 6.77. The molecule has 0 aliphatic rings. The largest absolute Gasteiger partial charge is 0.435 e. The quantitative estimate of drug-likeness (QED) is 0.621. The van der Waals surface area contributed by atoms with E-state index in [4.69, 9.17) is 0 Å². The fourth-order valence-electron chi connectivity index (χ4n) is 3.09. The van der Waals surface area contributed by atoms with Crippen LogP contribution in [0.15, 0.2) is 53.3 Å². The highest BCUT2D eigenvalue weighted by molar-refractivity contribution is 6.06. The third kappa shape index (κ3) is 4.93. The second-order valence-electron chi connectivity index (χ2n) is 7.08. The fourth-order valence-corrected chi connectivity index (χ4v) is 3.09. The van der Waals surface area contributed by atoms with E-state index in [-0.39, 0.29) is 17.4 Å². The summed E-state index contributed by atoms with van der Waals surface area (Å²) in [5.74, 6) is -2.11. The van der Waals surface area contributed by atoms with Crippen LogP contribution in [0.1, 0.15) is 35.7 Å². The summed E-state index contributed by atoms with van der Waals surface area (Å²) < 4.78 is 44.5. The van der Waals surface area contributed by atoms with Gasteiger partial charge in [-0.1, -0.05) is 38.1 Å². The number of hydrogen-bond acceptors (Lipinski definition) is 4. The van der Waals surface area contributed by atoms with Crippen LogP contribution in [-0.2, 0) is 7.05 Å². The molecule has 0 atom stereocenters. The maximum absolute atomic E-state index is 14.2. The molecule has 0 unspecified atom stereocenters. The molecule has 0 saturated heterocycles. The number of amides is 1. The van der Waals surface area contributed by atoms with E-state index in [0.717, 1.165) is 28.4 Å². The molecule has 1 heterocycles. The summed E-state index contributed by atoms with van der Waals surface area (Å²) >= 11 is 0. The van der Waals surface area contributed by atoms with E-state index in [0.29, 0.717) is 11.3 Å². The second-order valence-corrected chi connectivity index (χ2v) is 7.08. The van der Waals surface area contributed by atoms with E-state index in [1.165, 1.54) is 13.1 Å². The van der Waals surface area contributed by atoms with Gasteiger partial charge >= 0.3 is 6.61 Å². The number of benzene rings is 2. The average Bonchev–Trinajstić information content (AvgIpc) is 2.71. The average molecular weight is 431 g/mol. The molecule has 31 heavy (non-hydrogen) atoms. The maximum Gasteiger partial charge on any atom is 0.387 e. The third-order valence-corrected chi connectivity index (χ3v) is 4.59. The molecule has 0 aliphatic carbocycles. The molecular formula is C22H20F3N3O3. The van der Waals surface area contributed by atoms with Crippen molar-refractivity contribution in [2.75, 3.05) is 5.32 Å². The number of anilines is 1. The van der Waals surface area contributed by atoms with Gasteiger partial charge in [-0.2, -0.15) is 13.9 Å². The number of hydrogen-bond donors (Lipinski definition) is 1. The first kappa shape index (κ1) is 22.1. The number of rotatable bonds is 6. The molecule has 6 nitrogen and oxygen atoms in total. The van der Waals surface area contributed by atoms with Crippen molar-refractivity contribution in [3.63, 3.8) is 0 Å². The summed E-state index contributed by atoms with van der Waals surface area (Å²) in [4.78, 5) is 24.9. The first-order valence-corrected chi connectivity index (χ1v) is 9.40. The van der Waals surface area contributed by atoms with Gasteiger partial charge in [-0.15, -0.1) is 0 Å². The number of alkyl halides is 2. The minimum absolute atomic E-state index is 0.0702. The van der Waals surface area contributed by atoms with Crippen molar-refractivity contribution >= 4 is 11.6 Å². The molecule has 162 valence electrons. The molecule has 0 fully saturated rings. The van der Waals surface area contributed by atoms with Crippen molar-refractivity contribution in [3.8, 4) is 17.0 Å². The minimum Gasteiger partial charge on any atom is -0.435 e. The van der Waals surface area contributed by atoms with Gasteiger partial charge < -0.3 is 10.1 Å². The van der Waals surface area contributed by atoms with Gasteiger partial charge in [0.25, 0.3) is 11.5 Å². The number of aromatic nitrogens is 2. The first-order chi connectivity index (χ1) is 14.7. The van der Waals surface area contributed by atoms with Crippen LogP contribution in [0.5, 0.6) is 5.75 Å². The molecular weight excluding hydrogens is 411 g/mol. The molecule has 0 saturated carbocycles. The lowest BCUT2D eigenvalue weighted by molar-refractivity contribution is -0.0499. The Bertz CT molecular complexity index is 1180. The van der Waals surface area contributed by atoms with E-state index in [2.05, 4.69) is 15.2 Å². The van der Waals surface area contributed by atoms with Crippen LogP contribution in [0, 0.1) is 5.82 Å². The molecule has 3 rings (SSSR count). The molecule has 1 aromatic heterocycles. The van der Waals surface area contributed by atoms with Gasteiger partial charge in [0.15, 0.2) is 0 Å². The van der Waals surface area contributed by atoms with Crippen molar-refractivity contribution in [3.05, 3.63) is 75.8 Å². The predicted octanol–water partition coefficient (Wildman–Crippen LogP) is 4.56. The molecule has 3 aromatic rings. The normalized spacial score (nSPS) is 11.1. The Morgan fingerprint density at radius 2 is 1.84 bits per heavy atom. The minimum atomic E-state index is -3.12. The van der Waals surface area contributed by atoms with Gasteiger partial charge in [-0.05, 0) is 29.7 Å². The van der Waals surface area contributed by atoms with Crippen LogP contribution in [0.25, 0.3) is 11.3 Å². The number of ether oxygens (including phenoxy) is 1. The summed E-state index contributed by atoms with van der Waals surface area (Å²) in [6.07, 6.45) is 0. The molecule has 1 amide bonds. The highest BCUT2D eigenvalue weighted by Gasteiger charge is 2.20. The Morgan fingerprint density at radius 1 is 1.13 bits per heavy atom. The van der Waals surface area contributed by atoms with Crippen molar-refractivity contribution in [2.24, 2.45) is 7.05 Å². The van der Waals surface area contributed by atoms with Gasteiger partial charge in [0.2, 0.25) is 0 Å². The van der Waals surface area contributed by atoms with E-state index >= 15 is 0 Å². The lowest BCUT2D eigenvalue weighted by atomic mass is 9.94. The number of halogens is 3. The van der Waals surface area contributed by atoms with Crippen molar-refractivity contribution in [2.45, 2.75) is 26.4 Å². The van der Waals surface area contributed by atoms with Crippen LogP contribution >= 0.6 is 0 Å². The van der Waals surface area contributed by atoms with Crippen LogP contribution < -0.4 is 15.6 Å². The second kappa shape index (κ2) is 9.03. The van der Waals surface area contributed by atoms with E-state index in [1.54, 1.807) is 12.1 Å². The zero-order chi connectivity index (χ0) is 22.7.